The van der Waals surface area contributed by atoms with Crippen molar-refractivity contribution in [2.45, 2.75) is 13.8 Å². The molecule has 1 aromatic heterocycles. The molecule has 0 radical (unpaired) electrons. The summed E-state index contributed by atoms with van der Waals surface area (Å²) in [4.78, 5) is 3.05. The summed E-state index contributed by atoms with van der Waals surface area (Å²) in [5.74, 6) is 0. The van der Waals surface area contributed by atoms with E-state index in [4.69, 9.17) is 12.2 Å². The van der Waals surface area contributed by atoms with Gasteiger partial charge in [-0.05, 0) is 25.5 Å². The minimum Gasteiger partial charge on any atom is -0.350 e. The smallest absolute Gasteiger partial charge is 0.106 e. The minimum atomic E-state index is 0.843. The van der Waals surface area contributed by atoms with Gasteiger partial charge >= 0.3 is 0 Å². The second-order valence-corrected chi connectivity index (χ2v) is 2.56. The number of H-pyrrole nitrogens is 1. The van der Waals surface area contributed by atoms with Crippen molar-refractivity contribution in [3.05, 3.63) is 28.0 Å². The minimum absolute atomic E-state index is 0.843. The van der Waals surface area contributed by atoms with E-state index in [-0.39, 0.29) is 0 Å². The second-order valence-electron chi connectivity index (χ2n) is 2.15. The fourth-order valence-corrected chi connectivity index (χ4v) is 0.874. The quantitative estimate of drug-likeness (QED) is 0.545. The van der Waals surface area contributed by atoms with Crippen LogP contribution < -0.4 is 0 Å². The molecule has 0 unspecified atom stereocenters. The number of hydrogen-bond donors (Lipinski definition) is 1. The van der Waals surface area contributed by atoms with E-state index in [0.717, 1.165) is 15.9 Å². The Morgan fingerprint density at radius 2 is 2.00 bits per heavy atom. The van der Waals surface area contributed by atoms with Crippen molar-refractivity contribution in [3.63, 3.8) is 0 Å². The Balaban J connectivity index is 3.34. The second kappa shape index (κ2) is 2.31. The van der Waals surface area contributed by atoms with E-state index in [9.17, 15) is 0 Å². The summed E-state index contributed by atoms with van der Waals surface area (Å²) in [6.07, 6.45) is 0. The van der Waals surface area contributed by atoms with Crippen molar-refractivity contribution >= 4 is 12.2 Å². The average Bonchev–Trinajstić information content (AvgIpc) is 1.80. The molecule has 9 heavy (non-hydrogen) atoms. The number of hydrogen-bond acceptors (Lipinski definition) is 1. The number of pyridine rings is 1. The van der Waals surface area contributed by atoms with Crippen molar-refractivity contribution in [1.82, 2.24) is 4.98 Å². The Bertz CT molecular complexity index is 262. The lowest BCUT2D eigenvalue weighted by molar-refractivity contribution is 1.15. The SMILES string of the molecule is Cc1ccc(C)c(=S)[nH]1. The number of nitrogens with one attached hydrogen (secondary N) is 1. The first kappa shape index (κ1) is 6.49. The van der Waals surface area contributed by atoms with Crippen LogP contribution in [0.1, 0.15) is 11.3 Å². The van der Waals surface area contributed by atoms with Crippen molar-refractivity contribution < 1.29 is 0 Å². The van der Waals surface area contributed by atoms with Gasteiger partial charge in [0.05, 0.1) is 0 Å². The number of aromatic nitrogens is 1. The molecule has 1 N–H and O–H groups in total. The molecule has 0 aliphatic heterocycles. The van der Waals surface area contributed by atoms with Gasteiger partial charge in [0.1, 0.15) is 4.64 Å². The first-order valence-corrected chi connectivity index (χ1v) is 3.27. The molecule has 0 fully saturated rings. The molecule has 0 saturated heterocycles. The Kier molecular flexibility index (Phi) is 1.67. The Morgan fingerprint density at radius 3 is 2.44 bits per heavy atom. The van der Waals surface area contributed by atoms with E-state index >= 15 is 0 Å². The lowest BCUT2D eigenvalue weighted by Crippen LogP contribution is -1.82. The molecule has 0 aliphatic rings. The molecule has 0 bridgehead atoms. The molecule has 0 amide bonds. The monoisotopic (exact) mass is 139 g/mol. The van der Waals surface area contributed by atoms with Gasteiger partial charge in [-0.15, -0.1) is 0 Å². The van der Waals surface area contributed by atoms with Crippen LogP contribution in [0.3, 0.4) is 0 Å². The highest BCUT2D eigenvalue weighted by Crippen LogP contribution is 1.98. The maximum Gasteiger partial charge on any atom is 0.106 e. The zero-order chi connectivity index (χ0) is 6.85. The van der Waals surface area contributed by atoms with Crippen molar-refractivity contribution in [3.8, 4) is 0 Å². The van der Waals surface area contributed by atoms with Crippen LogP contribution in [0.4, 0.5) is 0 Å². The Hall–Kier alpha value is -0.630. The zero-order valence-electron chi connectivity index (χ0n) is 5.56. The molecule has 0 aromatic carbocycles. The normalized spacial score (nSPS) is 9.56. The van der Waals surface area contributed by atoms with Crippen LogP contribution in [0.5, 0.6) is 0 Å². The Morgan fingerprint density at radius 1 is 1.33 bits per heavy atom. The molecule has 0 saturated carbocycles. The van der Waals surface area contributed by atoms with E-state index in [2.05, 4.69) is 4.98 Å². The van der Waals surface area contributed by atoms with E-state index in [1.807, 2.05) is 26.0 Å². The van der Waals surface area contributed by atoms with Crippen LogP contribution in [0, 0.1) is 18.5 Å². The van der Waals surface area contributed by atoms with Gasteiger partial charge in [0.2, 0.25) is 0 Å². The fourth-order valence-electron chi connectivity index (χ4n) is 0.645. The first-order chi connectivity index (χ1) is 4.20. The van der Waals surface area contributed by atoms with Gasteiger partial charge in [0.25, 0.3) is 0 Å². The van der Waals surface area contributed by atoms with Gasteiger partial charge in [-0.25, -0.2) is 0 Å². The van der Waals surface area contributed by atoms with Crippen LogP contribution in [0.15, 0.2) is 12.1 Å². The molecule has 0 aliphatic carbocycles. The summed E-state index contributed by atoms with van der Waals surface area (Å²) in [5.41, 5.74) is 2.25. The van der Waals surface area contributed by atoms with Crippen LogP contribution in [-0.2, 0) is 0 Å². The first-order valence-electron chi connectivity index (χ1n) is 2.86. The van der Waals surface area contributed by atoms with E-state index in [1.165, 1.54) is 0 Å². The lowest BCUT2D eigenvalue weighted by atomic mass is 10.3. The summed E-state index contributed by atoms with van der Waals surface area (Å²) in [5, 5.41) is 0. The maximum atomic E-state index is 4.99. The van der Waals surface area contributed by atoms with E-state index in [1.54, 1.807) is 0 Å². The molecule has 1 heterocycles. The van der Waals surface area contributed by atoms with Crippen LogP contribution in [-0.4, -0.2) is 4.98 Å². The van der Waals surface area contributed by atoms with Gasteiger partial charge in [-0.2, -0.15) is 0 Å². The molecule has 1 aromatic rings. The largest absolute Gasteiger partial charge is 0.350 e. The lowest BCUT2D eigenvalue weighted by Gasteiger charge is -1.93. The van der Waals surface area contributed by atoms with Gasteiger partial charge in [0, 0.05) is 5.69 Å². The Labute approximate surface area is 59.7 Å². The standard InChI is InChI=1S/C7H9NS/c1-5-3-4-6(2)8-7(5)9/h3-4H,1-2H3,(H,8,9). The maximum absolute atomic E-state index is 4.99. The average molecular weight is 139 g/mol. The topological polar surface area (TPSA) is 15.8 Å². The number of aryl methyl sites for hydroxylation is 2. The molecule has 1 nitrogen and oxygen atoms in total. The highest BCUT2D eigenvalue weighted by Gasteiger charge is 1.85. The predicted molar refractivity (Wildman–Crippen MR) is 41.1 cm³/mol. The molecular formula is C7H9NS. The van der Waals surface area contributed by atoms with Crippen molar-refractivity contribution in [2.24, 2.45) is 0 Å². The van der Waals surface area contributed by atoms with Gasteiger partial charge in [0.15, 0.2) is 0 Å². The number of aromatic amines is 1. The summed E-state index contributed by atoms with van der Waals surface area (Å²) < 4.78 is 0.843. The molecule has 48 valence electrons. The van der Waals surface area contributed by atoms with Gasteiger partial charge in [-0.3, -0.25) is 0 Å². The van der Waals surface area contributed by atoms with Crippen molar-refractivity contribution in [1.29, 1.82) is 0 Å². The van der Waals surface area contributed by atoms with Crippen molar-refractivity contribution in [2.75, 3.05) is 0 Å². The summed E-state index contributed by atoms with van der Waals surface area (Å²) >= 11 is 4.99. The fraction of sp³-hybridized carbons (Fsp3) is 0.286. The highest BCUT2D eigenvalue weighted by atomic mass is 32.1. The van der Waals surface area contributed by atoms with E-state index < -0.39 is 0 Å². The molecule has 2 heteroatoms. The molecule has 0 atom stereocenters. The third-order valence-corrected chi connectivity index (χ3v) is 1.68. The van der Waals surface area contributed by atoms with Crippen LogP contribution in [0.25, 0.3) is 0 Å². The summed E-state index contributed by atoms with van der Waals surface area (Å²) in [6.45, 7) is 3.99. The number of rotatable bonds is 0. The summed E-state index contributed by atoms with van der Waals surface area (Å²) in [6, 6.07) is 4.04. The third kappa shape index (κ3) is 1.39. The highest BCUT2D eigenvalue weighted by molar-refractivity contribution is 7.71. The third-order valence-electron chi connectivity index (χ3n) is 1.25. The zero-order valence-corrected chi connectivity index (χ0v) is 6.38. The van der Waals surface area contributed by atoms with Gasteiger partial charge in [-0.1, -0.05) is 18.3 Å². The predicted octanol–water partition coefficient (Wildman–Crippen LogP) is 2.36. The van der Waals surface area contributed by atoms with E-state index in [0.29, 0.717) is 0 Å². The summed E-state index contributed by atoms with van der Waals surface area (Å²) in [7, 11) is 0. The molecule has 0 spiro atoms. The van der Waals surface area contributed by atoms with Crippen LogP contribution >= 0.6 is 12.2 Å². The van der Waals surface area contributed by atoms with Crippen LogP contribution in [0.2, 0.25) is 0 Å². The molecule has 1 rings (SSSR count). The molecular weight excluding hydrogens is 130 g/mol. The van der Waals surface area contributed by atoms with Gasteiger partial charge < -0.3 is 4.98 Å².